The van der Waals surface area contributed by atoms with Crippen LogP contribution >= 0.6 is 0 Å². The molecule has 0 atom stereocenters. The van der Waals surface area contributed by atoms with Gasteiger partial charge < -0.3 is 0 Å². The average molecular weight is 641 g/mol. The van der Waals surface area contributed by atoms with Crippen molar-refractivity contribution in [3.8, 4) is 45.3 Å². The first-order chi connectivity index (χ1) is 24.8. The standard InChI is InChI=1S/C46H32N4/c1-5-15-34(16-6-1)42(43(35-17-7-2-8-18-35)41-25-14-30-47-32-41)40-24-13-23-39(31-40)33-26-28-38(29-27-33)46-49-44(36-19-9-3-10-20-36)48-45(50-46)37-21-11-4-12-22-37/h1-32H/b43-42-. The van der Waals surface area contributed by atoms with E-state index in [0.717, 1.165) is 61.2 Å². The Bertz CT molecular complexity index is 2270. The highest BCUT2D eigenvalue weighted by molar-refractivity contribution is 6.04. The highest BCUT2D eigenvalue weighted by Gasteiger charge is 2.17. The molecule has 0 aliphatic rings. The lowest BCUT2D eigenvalue weighted by Crippen LogP contribution is -2.00. The maximum absolute atomic E-state index is 4.92. The summed E-state index contributed by atoms with van der Waals surface area (Å²) in [5.74, 6) is 1.93. The van der Waals surface area contributed by atoms with Crippen molar-refractivity contribution in [2.45, 2.75) is 0 Å². The van der Waals surface area contributed by atoms with Crippen molar-refractivity contribution >= 4 is 11.1 Å². The van der Waals surface area contributed by atoms with Gasteiger partial charge in [-0.3, -0.25) is 4.98 Å². The number of pyridine rings is 1. The molecule has 0 amide bonds. The van der Waals surface area contributed by atoms with Gasteiger partial charge in [-0.05, 0) is 51.1 Å². The van der Waals surface area contributed by atoms with Crippen LogP contribution in [0.3, 0.4) is 0 Å². The van der Waals surface area contributed by atoms with Crippen LogP contribution in [-0.4, -0.2) is 19.9 Å². The van der Waals surface area contributed by atoms with Crippen LogP contribution in [0.5, 0.6) is 0 Å². The Kier molecular flexibility index (Phi) is 8.64. The van der Waals surface area contributed by atoms with E-state index in [4.69, 9.17) is 15.0 Å². The molecule has 0 saturated heterocycles. The predicted molar refractivity (Wildman–Crippen MR) is 204 cm³/mol. The molecule has 6 aromatic carbocycles. The number of aromatic nitrogens is 4. The minimum Gasteiger partial charge on any atom is -0.264 e. The van der Waals surface area contributed by atoms with Crippen LogP contribution in [0.4, 0.5) is 0 Å². The maximum Gasteiger partial charge on any atom is 0.164 e. The van der Waals surface area contributed by atoms with Gasteiger partial charge in [0.25, 0.3) is 0 Å². The fourth-order valence-corrected chi connectivity index (χ4v) is 6.23. The van der Waals surface area contributed by atoms with E-state index in [1.807, 2.05) is 79.1 Å². The molecule has 4 nitrogen and oxygen atoms in total. The summed E-state index contributed by atoms with van der Waals surface area (Å²) in [6, 6.07) is 62.7. The lowest BCUT2D eigenvalue weighted by molar-refractivity contribution is 1.07. The Labute approximate surface area is 292 Å². The van der Waals surface area contributed by atoms with Crippen molar-refractivity contribution in [2.24, 2.45) is 0 Å². The van der Waals surface area contributed by atoms with Gasteiger partial charge in [-0.15, -0.1) is 0 Å². The quantitative estimate of drug-likeness (QED) is 0.155. The fraction of sp³-hybridized carbons (Fsp3) is 0. The monoisotopic (exact) mass is 640 g/mol. The molecule has 0 aliphatic carbocycles. The normalized spacial score (nSPS) is 11.5. The molecule has 50 heavy (non-hydrogen) atoms. The van der Waals surface area contributed by atoms with E-state index in [1.54, 1.807) is 0 Å². The van der Waals surface area contributed by atoms with Gasteiger partial charge in [-0.25, -0.2) is 15.0 Å². The topological polar surface area (TPSA) is 51.6 Å². The molecule has 2 heterocycles. The first-order valence-electron chi connectivity index (χ1n) is 16.6. The maximum atomic E-state index is 4.92. The first-order valence-corrected chi connectivity index (χ1v) is 16.6. The van der Waals surface area contributed by atoms with Crippen molar-refractivity contribution in [3.05, 3.63) is 217 Å². The van der Waals surface area contributed by atoms with Gasteiger partial charge in [0, 0.05) is 34.6 Å². The second-order valence-electron chi connectivity index (χ2n) is 11.9. The average Bonchev–Trinajstić information content (AvgIpc) is 3.21. The van der Waals surface area contributed by atoms with E-state index in [1.165, 1.54) is 0 Å². The van der Waals surface area contributed by atoms with E-state index in [2.05, 4.69) is 120 Å². The number of nitrogens with zero attached hydrogens (tertiary/aromatic N) is 4. The Balaban J connectivity index is 1.22. The van der Waals surface area contributed by atoms with Crippen LogP contribution in [0.15, 0.2) is 194 Å². The summed E-state index contributed by atoms with van der Waals surface area (Å²) < 4.78 is 0. The molecule has 0 N–H and O–H groups in total. The Hall–Kier alpha value is -6.78. The number of hydrogen-bond donors (Lipinski definition) is 0. The molecule has 0 spiro atoms. The largest absolute Gasteiger partial charge is 0.264 e. The Morgan fingerprint density at radius 2 is 0.700 bits per heavy atom. The van der Waals surface area contributed by atoms with E-state index in [0.29, 0.717) is 17.5 Å². The zero-order valence-corrected chi connectivity index (χ0v) is 27.3. The van der Waals surface area contributed by atoms with Crippen molar-refractivity contribution in [2.75, 3.05) is 0 Å². The van der Waals surface area contributed by atoms with E-state index < -0.39 is 0 Å². The molecule has 0 bridgehead atoms. The third-order valence-corrected chi connectivity index (χ3v) is 8.65. The second kappa shape index (κ2) is 14.1. The molecule has 0 fully saturated rings. The lowest BCUT2D eigenvalue weighted by Gasteiger charge is -2.18. The van der Waals surface area contributed by atoms with Crippen molar-refractivity contribution in [1.82, 2.24) is 19.9 Å². The molecule has 4 heteroatoms. The molecule has 0 radical (unpaired) electrons. The SMILES string of the molecule is c1ccc(/C(=C(\c2ccccc2)c2cccc(-c3ccc(-c4nc(-c5ccccc5)nc(-c5ccccc5)n4)cc3)c2)c2cccnc2)cc1. The second-order valence-corrected chi connectivity index (χ2v) is 11.9. The minimum absolute atomic E-state index is 0.635. The van der Waals surface area contributed by atoms with Crippen LogP contribution in [0, 0.1) is 0 Å². The summed E-state index contributed by atoms with van der Waals surface area (Å²) >= 11 is 0. The highest BCUT2D eigenvalue weighted by Crippen LogP contribution is 2.38. The van der Waals surface area contributed by atoms with Gasteiger partial charge in [0.1, 0.15) is 0 Å². The number of hydrogen-bond acceptors (Lipinski definition) is 4. The predicted octanol–water partition coefficient (Wildman–Crippen LogP) is 10.9. The van der Waals surface area contributed by atoms with E-state index in [9.17, 15) is 0 Å². The molecule has 8 rings (SSSR count). The summed E-state index contributed by atoms with van der Waals surface area (Å²) in [4.78, 5) is 19.2. The third kappa shape index (κ3) is 6.51. The number of rotatable bonds is 8. The van der Waals surface area contributed by atoms with E-state index >= 15 is 0 Å². The zero-order chi connectivity index (χ0) is 33.5. The van der Waals surface area contributed by atoms with Crippen LogP contribution in [0.1, 0.15) is 22.3 Å². The van der Waals surface area contributed by atoms with E-state index in [-0.39, 0.29) is 0 Å². The molecule has 0 aliphatic heterocycles. The van der Waals surface area contributed by atoms with Gasteiger partial charge in [-0.2, -0.15) is 0 Å². The Morgan fingerprint density at radius 1 is 0.300 bits per heavy atom. The van der Waals surface area contributed by atoms with Crippen molar-refractivity contribution < 1.29 is 0 Å². The van der Waals surface area contributed by atoms with Crippen molar-refractivity contribution in [3.63, 3.8) is 0 Å². The fourth-order valence-electron chi connectivity index (χ4n) is 6.23. The summed E-state index contributed by atoms with van der Waals surface area (Å²) in [6.07, 6.45) is 3.77. The highest BCUT2D eigenvalue weighted by atomic mass is 15.0. The van der Waals surface area contributed by atoms with Gasteiger partial charge in [0.05, 0.1) is 0 Å². The molecule has 236 valence electrons. The van der Waals surface area contributed by atoms with Crippen LogP contribution in [0.25, 0.3) is 56.4 Å². The minimum atomic E-state index is 0.635. The molecule has 0 saturated carbocycles. The summed E-state index contributed by atoms with van der Waals surface area (Å²) in [5, 5.41) is 0. The molecule has 2 aromatic heterocycles. The van der Waals surface area contributed by atoms with Crippen LogP contribution in [0.2, 0.25) is 0 Å². The van der Waals surface area contributed by atoms with Gasteiger partial charge >= 0.3 is 0 Å². The molecular formula is C46H32N4. The van der Waals surface area contributed by atoms with Crippen LogP contribution in [-0.2, 0) is 0 Å². The summed E-state index contributed by atoms with van der Waals surface area (Å²) in [6.45, 7) is 0. The van der Waals surface area contributed by atoms with Gasteiger partial charge in [0.2, 0.25) is 0 Å². The summed E-state index contributed by atoms with van der Waals surface area (Å²) in [7, 11) is 0. The van der Waals surface area contributed by atoms with Crippen LogP contribution < -0.4 is 0 Å². The smallest absolute Gasteiger partial charge is 0.164 e. The molecular weight excluding hydrogens is 609 g/mol. The molecule has 8 aromatic rings. The van der Waals surface area contributed by atoms with Crippen molar-refractivity contribution in [1.29, 1.82) is 0 Å². The van der Waals surface area contributed by atoms with Gasteiger partial charge in [0.15, 0.2) is 17.5 Å². The molecule has 0 unspecified atom stereocenters. The summed E-state index contributed by atoms with van der Waals surface area (Å²) in [5.41, 5.74) is 11.8. The van der Waals surface area contributed by atoms with Gasteiger partial charge in [-0.1, -0.05) is 170 Å². The number of benzene rings is 6. The zero-order valence-electron chi connectivity index (χ0n) is 27.3. The Morgan fingerprint density at radius 3 is 1.20 bits per heavy atom. The first kappa shape index (κ1) is 30.5. The third-order valence-electron chi connectivity index (χ3n) is 8.65. The lowest BCUT2D eigenvalue weighted by atomic mass is 9.85.